The largest absolute Gasteiger partial charge is 0.496 e. The first-order valence-corrected chi connectivity index (χ1v) is 7.60. The van der Waals surface area contributed by atoms with Crippen molar-refractivity contribution in [3.8, 4) is 5.75 Å². The van der Waals surface area contributed by atoms with E-state index in [4.69, 9.17) is 4.74 Å². The van der Waals surface area contributed by atoms with Crippen LogP contribution in [0.15, 0.2) is 22.7 Å². The van der Waals surface area contributed by atoms with Crippen molar-refractivity contribution in [3.05, 3.63) is 28.2 Å². The van der Waals surface area contributed by atoms with Crippen LogP contribution in [0.4, 0.5) is 0 Å². The summed E-state index contributed by atoms with van der Waals surface area (Å²) in [6.07, 6.45) is 3.96. The van der Waals surface area contributed by atoms with Gasteiger partial charge in [0.2, 0.25) is 0 Å². The molecule has 1 aromatic carbocycles. The Labute approximate surface area is 123 Å². The molecule has 0 saturated heterocycles. The topological polar surface area (TPSA) is 32.7 Å². The SMILES string of the molecule is COc1ccc(CN(C)C2CCC(O)CC2)cc1Br. The van der Waals surface area contributed by atoms with E-state index in [-0.39, 0.29) is 6.10 Å². The molecule has 0 amide bonds. The standard InChI is InChI=1S/C15H22BrNO2/c1-17(12-4-6-13(18)7-5-12)10-11-3-8-15(19-2)14(16)9-11/h3,8-9,12-13,18H,4-7,10H2,1-2H3. The summed E-state index contributed by atoms with van der Waals surface area (Å²) in [6, 6.07) is 6.81. The number of ether oxygens (including phenoxy) is 1. The van der Waals surface area contributed by atoms with E-state index in [2.05, 4.69) is 40.0 Å². The Hall–Kier alpha value is -0.580. The van der Waals surface area contributed by atoms with Gasteiger partial charge in [-0.05, 0) is 66.4 Å². The summed E-state index contributed by atoms with van der Waals surface area (Å²) in [6.45, 7) is 0.934. The predicted molar refractivity (Wildman–Crippen MR) is 80.4 cm³/mol. The summed E-state index contributed by atoms with van der Waals surface area (Å²) >= 11 is 3.52. The fraction of sp³-hybridized carbons (Fsp3) is 0.600. The number of hydrogen-bond donors (Lipinski definition) is 1. The highest BCUT2D eigenvalue weighted by Gasteiger charge is 2.22. The zero-order chi connectivity index (χ0) is 13.8. The molecule has 4 heteroatoms. The van der Waals surface area contributed by atoms with Crippen molar-refractivity contribution in [2.75, 3.05) is 14.2 Å². The summed E-state index contributed by atoms with van der Waals surface area (Å²) in [5.74, 6) is 0.868. The molecule has 0 aromatic heterocycles. The highest BCUT2D eigenvalue weighted by molar-refractivity contribution is 9.10. The van der Waals surface area contributed by atoms with E-state index >= 15 is 0 Å². The van der Waals surface area contributed by atoms with Crippen molar-refractivity contribution in [3.63, 3.8) is 0 Å². The third kappa shape index (κ3) is 3.94. The zero-order valence-electron chi connectivity index (χ0n) is 11.6. The van der Waals surface area contributed by atoms with Crippen molar-refractivity contribution < 1.29 is 9.84 Å². The minimum Gasteiger partial charge on any atom is -0.496 e. The molecule has 0 spiro atoms. The van der Waals surface area contributed by atoms with Gasteiger partial charge in [-0.2, -0.15) is 0 Å². The molecule has 1 fully saturated rings. The minimum atomic E-state index is -0.0835. The van der Waals surface area contributed by atoms with Crippen LogP contribution in [0.5, 0.6) is 5.75 Å². The molecule has 0 heterocycles. The smallest absolute Gasteiger partial charge is 0.133 e. The van der Waals surface area contributed by atoms with Gasteiger partial charge in [0.1, 0.15) is 5.75 Å². The van der Waals surface area contributed by atoms with Crippen LogP contribution < -0.4 is 4.74 Å². The van der Waals surface area contributed by atoms with E-state index in [0.29, 0.717) is 6.04 Å². The highest BCUT2D eigenvalue weighted by Crippen LogP contribution is 2.27. The molecule has 0 bridgehead atoms. The first-order valence-electron chi connectivity index (χ1n) is 6.81. The van der Waals surface area contributed by atoms with Gasteiger partial charge in [0, 0.05) is 12.6 Å². The van der Waals surface area contributed by atoms with Gasteiger partial charge in [0.15, 0.2) is 0 Å². The molecule has 1 saturated carbocycles. The third-order valence-corrected chi connectivity index (χ3v) is 4.56. The summed E-state index contributed by atoms with van der Waals surface area (Å²) in [5, 5.41) is 9.55. The van der Waals surface area contributed by atoms with Gasteiger partial charge in [0.25, 0.3) is 0 Å². The van der Waals surface area contributed by atoms with Crippen molar-refractivity contribution >= 4 is 15.9 Å². The first kappa shape index (κ1) is 14.8. The monoisotopic (exact) mass is 327 g/mol. The lowest BCUT2D eigenvalue weighted by Gasteiger charge is -2.33. The van der Waals surface area contributed by atoms with Gasteiger partial charge >= 0.3 is 0 Å². The number of aliphatic hydroxyl groups excluding tert-OH is 1. The second kappa shape index (κ2) is 6.73. The summed E-state index contributed by atoms with van der Waals surface area (Å²) < 4.78 is 6.24. The molecule has 1 aliphatic carbocycles. The molecular formula is C15H22BrNO2. The summed E-state index contributed by atoms with van der Waals surface area (Å²) in [4.78, 5) is 2.39. The molecule has 0 atom stereocenters. The molecule has 0 radical (unpaired) electrons. The molecule has 1 N–H and O–H groups in total. The predicted octanol–water partition coefficient (Wildman–Crippen LogP) is 3.19. The second-order valence-electron chi connectivity index (χ2n) is 5.35. The van der Waals surface area contributed by atoms with E-state index in [9.17, 15) is 5.11 Å². The Balaban J connectivity index is 1.95. The van der Waals surface area contributed by atoms with Crippen LogP contribution >= 0.6 is 15.9 Å². The Kier molecular flexibility index (Phi) is 5.25. The first-order chi connectivity index (χ1) is 9.10. The number of benzene rings is 1. The fourth-order valence-electron chi connectivity index (χ4n) is 2.72. The number of methoxy groups -OCH3 is 1. The van der Waals surface area contributed by atoms with Gasteiger partial charge in [-0.3, -0.25) is 4.90 Å². The van der Waals surface area contributed by atoms with Crippen molar-refractivity contribution in [2.45, 2.75) is 44.4 Å². The molecule has 3 nitrogen and oxygen atoms in total. The maximum absolute atomic E-state index is 9.55. The van der Waals surface area contributed by atoms with E-state index in [1.807, 2.05) is 6.07 Å². The molecule has 2 rings (SSSR count). The Morgan fingerprint density at radius 1 is 1.32 bits per heavy atom. The quantitative estimate of drug-likeness (QED) is 0.921. The van der Waals surface area contributed by atoms with E-state index in [1.165, 1.54) is 5.56 Å². The van der Waals surface area contributed by atoms with E-state index < -0.39 is 0 Å². The fourth-order valence-corrected chi connectivity index (χ4v) is 3.31. The van der Waals surface area contributed by atoms with E-state index in [1.54, 1.807) is 7.11 Å². The van der Waals surface area contributed by atoms with Crippen molar-refractivity contribution in [1.82, 2.24) is 4.90 Å². The van der Waals surface area contributed by atoms with Crippen LogP contribution in [0.1, 0.15) is 31.2 Å². The van der Waals surface area contributed by atoms with Crippen LogP contribution in [0.3, 0.4) is 0 Å². The van der Waals surface area contributed by atoms with Gasteiger partial charge in [0.05, 0.1) is 17.7 Å². The zero-order valence-corrected chi connectivity index (χ0v) is 13.2. The lowest BCUT2D eigenvalue weighted by molar-refractivity contribution is 0.0818. The van der Waals surface area contributed by atoms with Crippen molar-refractivity contribution in [2.24, 2.45) is 0 Å². The number of nitrogens with zero attached hydrogens (tertiary/aromatic N) is 1. The summed E-state index contributed by atoms with van der Waals surface area (Å²) in [7, 11) is 3.85. The molecule has 1 aliphatic rings. The minimum absolute atomic E-state index is 0.0835. The van der Waals surface area contributed by atoms with Crippen LogP contribution in [0.2, 0.25) is 0 Å². The Morgan fingerprint density at radius 3 is 2.58 bits per heavy atom. The maximum atomic E-state index is 9.55. The van der Waals surface area contributed by atoms with Gasteiger partial charge in [-0.15, -0.1) is 0 Å². The van der Waals surface area contributed by atoms with Crippen LogP contribution in [-0.4, -0.2) is 36.3 Å². The molecule has 19 heavy (non-hydrogen) atoms. The molecule has 106 valence electrons. The average molecular weight is 328 g/mol. The van der Waals surface area contributed by atoms with Gasteiger partial charge in [-0.25, -0.2) is 0 Å². The van der Waals surface area contributed by atoms with Crippen molar-refractivity contribution in [1.29, 1.82) is 0 Å². The normalized spacial score (nSPS) is 23.6. The molecule has 0 aliphatic heterocycles. The lowest BCUT2D eigenvalue weighted by atomic mass is 9.92. The van der Waals surface area contributed by atoms with Gasteiger partial charge in [-0.1, -0.05) is 6.07 Å². The molecule has 0 unspecified atom stereocenters. The maximum Gasteiger partial charge on any atom is 0.133 e. The molecular weight excluding hydrogens is 306 g/mol. The number of aliphatic hydroxyl groups is 1. The highest BCUT2D eigenvalue weighted by atomic mass is 79.9. The van der Waals surface area contributed by atoms with Crippen LogP contribution in [-0.2, 0) is 6.54 Å². The van der Waals surface area contributed by atoms with E-state index in [0.717, 1.165) is 42.5 Å². The lowest BCUT2D eigenvalue weighted by Crippen LogP contribution is -2.35. The Morgan fingerprint density at radius 2 is 2.00 bits per heavy atom. The second-order valence-corrected chi connectivity index (χ2v) is 6.20. The number of hydrogen-bond acceptors (Lipinski definition) is 3. The Bertz CT molecular complexity index is 417. The molecule has 1 aromatic rings. The third-order valence-electron chi connectivity index (χ3n) is 3.94. The van der Waals surface area contributed by atoms with Gasteiger partial charge < -0.3 is 9.84 Å². The summed E-state index contributed by atoms with van der Waals surface area (Å²) in [5.41, 5.74) is 1.28. The average Bonchev–Trinajstić information content (AvgIpc) is 2.39. The van der Waals surface area contributed by atoms with Crippen LogP contribution in [0, 0.1) is 0 Å². The number of halogens is 1. The van der Waals surface area contributed by atoms with Crippen LogP contribution in [0.25, 0.3) is 0 Å². The number of rotatable bonds is 4.